The number of hydrogen-bond acceptors (Lipinski definition) is 4. The number of nitrogens with zero attached hydrogens (tertiary/aromatic N) is 1. The first-order valence-corrected chi connectivity index (χ1v) is 8.41. The molecule has 1 heterocycles. The minimum absolute atomic E-state index is 0.0417. The van der Waals surface area contributed by atoms with Crippen LogP contribution in [0.2, 0.25) is 0 Å². The van der Waals surface area contributed by atoms with E-state index in [9.17, 15) is 5.11 Å². The van der Waals surface area contributed by atoms with Crippen LogP contribution in [-0.2, 0) is 13.2 Å². The second kappa shape index (κ2) is 8.31. The van der Waals surface area contributed by atoms with Crippen molar-refractivity contribution < 1.29 is 9.84 Å². The number of nitrogens with one attached hydrogen (secondary N) is 1. The summed E-state index contributed by atoms with van der Waals surface area (Å²) in [6.07, 6.45) is 1.80. The fourth-order valence-corrected chi connectivity index (χ4v) is 2.69. The standard InChI is InChI=1S/C21H22N2O2/c1-2-25-21-10-9-19(13-18(21)15-24)23-14-16-6-5-7-17(12-16)20-8-3-4-11-22-20/h3-13,23-24H,2,14-15H2,1H3. The molecule has 0 radical (unpaired) electrons. The summed E-state index contributed by atoms with van der Waals surface area (Å²) >= 11 is 0. The Morgan fingerprint density at radius 1 is 1.04 bits per heavy atom. The number of anilines is 1. The normalized spacial score (nSPS) is 10.5. The van der Waals surface area contributed by atoms with Crippen LogP contribution in [0.4, 0.5) is 5.69 Å². The van der Waals surface area contributed by atoms with Crippen molar-refractivity contribution in [3.63, 3.8) is 0 Å². The van der Waals surface area contributed by atoms with Crippen molar-refractivity contribution in [3.05, 3.63) is 78.0 Å². The van der Waals surface area contributed by atoms with Crippen LogP contribution in [-0.4, -0.2) is 16.7 Å². The Morgan fingerprint density at radius 2 is 1.96 bits per heavy atom. The molecule has 2 aromatic carbocycles. The molecule has 0 aliphatic carbocycles. The molecule has 0 bridgehead atoms. The number of aliphatic hydroxyl groups is 1. The molecule has 0 amide bonds. The molecule has 0 fully saturated rings. The van der Waals surface area contributed by atoms with E-state index >= 15 is 0 Å². The average Bonchev–Trinajstić information content (AvgIpc) is 2.68. The lowest BCUT2D eigenvalue weighted by molar-refractivity contribution is 0.267. The predicted octanol–water partition coefficient (Wildman–Crippen LogP) is 4.25. The highest BCUT2D eigenvalue weighted by Gasteiger charge is 2.05. The number of ether oxygens (including phenoxy) is 1. The second-order valence-corrected chi connectivity index (χ2v) is 5.68. The fraction of sp³-hybridized carbons (Fsp3) is 0.190. The Hall–Kier alpha value is -2.85. The van der Waals surface area contributed by atoms with Crippen LogP contribution in [0.15, 0.2) is 66.9 Å². The van der Waals surface area contributed by atoms with Crippen LogP contribution < -0.4 is 10.1 Å². The maximum absolute atomic E-state index is 9.50. The van der Waals surface area contributed by atoms with Gasteiger partial charge in [0.25, 0.3) is 0 Å². The number of aromatic nitrogens is 1. The summed E-state index contributed by atoms with van der Waals surface area (Å²) in [5.41, 5.74) is 4.98. The van der Waals surface area contributed by atoms with Crippen molar-refractivity contribution in [1.82, 2.24) is 4.98 Å². The number of pyridine rings is 1. The van der Waals surface area contributed by atoms with Crippen LogP contribution >= 0.6 is 0 Å². The third-order valence-corrected chi connectivity index (χ3v) is 3.91. The first-order valence-electron chi connectivity index (χ1n) is 8.41. The highest BCUT2D eigenvalue weighted by atomic mass is 16.5. The van der Waals surface area contributed by atoms with Gasteiger partial charge in [0.2, 0.25) is 0 Å². The number of hydrogen-bond donors (Lipinski definition) is 2. The Labute approximate surface area is 148 Å². The second-order valence-electron chi connectivity index (χ2n) is 5.68. The lowest BCUT2D eigenvalue weighted by Crippen LogP contribution is -2.02. The number of aliphatic hydroxyl groups excluding tert-OH is 1. The molecule has 4 nitrogen and oxygen atoms in total. The Bertz CT molecular complexity index is 819. The van der Waals surface area contributed by atoms with Gasteiger partial charge in [-0.15, -0.1) is 0 Å². The first-order chi connectivity index (χ1) is 12.3. The van der Waals surface area contributed by atoms with Gasteiger partial charge in [-0.05, 0) is 48.9 Å². The molecule has 25 heavy (non-hydrogen) atoms. The first kappa shape index (κ1) is 17.0. The topological polar surface area (TPSA) is 54.4 Å². The highest BCUT2D eigenvalue weighted by molar-refractivity contribution is 5.60. The molecule has 0 spiro atoms. The molecule has 0 saturated heterocycles. The maximum atomic E-state index is 9.50. The summed E-state index contributed by atoms with van der Waals surface area (Å²) in [6, 6.07) is 20.0. The molecule has 0 aliphatic heterocycles. The van der Waals surface area contributed by atoms with Crippen LogP contribution in [0, 0.1) is 0 Å². The molecule has 0 atom stereocenters. The molecule has 0 unspecified atom stereocenters. The zero-order valence-corrected chi connectivity index (χ0v) is 14.3. The maximum Gasteiger partial charge on any atom is 0.124 e. The molecule has 3 aromatic rings. The highest BCUT2D eigenvalue weighted by Crippen LogP contribution is 2.24. The van der Waals surface area contributed by atoms with Gasteiger partial charge in [-0.2, -0.15) is 0 Å². The largest absolute Gasteiger partial charge is 0.494 e. The van der Waals surface area contributed by atoms with E-state index in [0.29, 0.717) is 13.2 Å². The summed E-state index contributed by atoms with van der Waals surface area (Å²) in [5.74, 6) is 0.729. The van der Waals surface area contributed by atoms with Gasteiger partial charge in [0, 0.05) is 29.6 Å². The van der Waals surface area contributed by atoms with Crippen molar-refractivity contribution in [2.75, 3.05) is 11.9 Å². The van der Waals surface area contributed by atoms with E-state index in [0.717, 1.165) is 28.3 Å². The fourth-order valence-electron chi connectivity index (χ4n) is 2.69. The van der Waals surface area contributed by atoms with Crippen molar-refractivity contribution in [2.45, 2.75) is 20.1 Å². The van der Waals surface area contributed by atoms with E-state index in [4.69, 9.17) is 4.74 Å². The van der Waals surface area contributed by atoms with Gasteiger partial charge in [0.1, 0.15) is 5.75 Å². The minimum Gasteiger partial charge on any atom is -0.494 e. The Morgan fingerprint density at radius 3 is 2.72 bits per heavy atom. The molecule has 4 heteroatoms. The molecular weight excluding hydrogens is 312 g/mol. The van der Waals surface area contributed by atoms with Gasteiger partial charge in [0.15, 0.2) is 0 Å². The van der Waals surface area contributed by atoms with Crippen molar-refractivity contribution >= 4 is 5.69 Å². The van der Waals surface area contributed by atoms with E-state index in [-0.39, 0.29) is 6.61 Å². The van der Waals surface area contributed by atoms with E-state index in [1.165, 1.54) is 5.56 Å². The quantitative estimate of drug-likeness (QED) is 0.678. The van der Waals surface area contributed by atoms with Gasteiger partial charge in [-0.1, -0.05) is 24.3 Å². The third kappa shape index (κ3) is 4.37. The zero-order chi connectivity index (χ0) is 17.5. The van der Waals surface area contributed by atoms with Crippen LogP contribution in [0.5, 0.6) is 5.75 Å². The van der Waals surface area contributed by atoms with E-state index in [1.807, 2.05) is 49.4 Å². The summed E-state index contributed by atoms with van der Waals surface area (Å²) in [7, 11) is 0. The third-order valence-electron chi connectivity index (χ3n) is 3.91. The van der Waals surface area contributed by atoms with Crippen molar-refractivity contribution in [1.29, 1.82) is 0 Å². The van der Waals surface area contributed by atoms with Gasteiger partial charge in [0.05, 0.1) is 18.9 Å². The van der Waals surface area contributed by atoms with E-state index in [1.54, 1.807) is 6.20 Å². The Balaban J connectivity index is 1.72. The average molecular weight is 334 g/mol. The lowest BCUT2D eigenvalue weighted by Gasteiger charge is -2.12. The molecule has 1 aromatic heterocycles. The summed E-state index contributed by atoms with van der Waals surface area (Å²) in [4.78, 5) is 4.40. The van der Waals surface area contributed by atoms with Gasteiger partial charge >= 0.3 is 0 Å². The lowest BCUT2D eigenvalue weighted by atomic mass is 10.1. The van der Waals surface area contributed by atoms with Crippen LogP contribution in [0.3, 0.4) is 0 Å². The molecular formula is C21H22N2O2. The molecule has 128 valence electrons. The summed E-state index contributed by atoms with van der Waals surface area (Å²) < 4.78 is 5.52. The van der Waals surface area contributed by atoms with Crippen molar-refractivity contribution in [2.24, 2.45) is 0 Å². The minimum atomic E-state index is -0.0417. The van der Waals surface area contributed by atoms with E-state index < -0.39 is 0 Å². The number of benzene rings is 2. The van der Waals surface area contributed by atoms with Crippen molar-refractivity contribution in [3.8, 4) is 17.0 Å². The monoisotopic (exact) mass is 334 g/mol. The van der Waals surface area contributed by atoms with Gasteiger partial charge in [-0.3, -0.25) is 4.98 Å². The SMILES string of the molecule is CCOc1ccc(NCc2cccc(-c3ccccn3)c2)cc1CO. The van der Waals surface area contributed by atoms with Crippen LogP contribution in [0.25, 0.3) is 11.3 Å². The van der Waals surface area contributed by atoms with Crippen LogP contribution in [0.1, 0.15) is 18.1 Å². The predicted molar refractivity (Wildman–Crippen MR) is 101 cm³/mol. The summed E-state index contributed by atoms with van der Waals surface area (Å²) in [5, 5.41) is 12.9. The zero-order valence-electron chi connectivity index (χ0n) is 14.3. The Kier molecular flexibility index (Phi) is 5.65. The van der Waals surface area contributed by atoms with E-state index in [2.05, 4.69) is 28.5 Å². The summed E-state index contributed by atoms with van der Waals surface area (Å²) in [6.45, 7) is 3.17. The van der Waals surface area contributed by atoms with Gasteiger partial charge < -0.3 is 15.2 Å². The molecule has 2 N–H and O–H groups in total. The number of rotatable bonds is 7. The smallest absolute Gasteiger partial charge is 0.124 e. The molecule has 0 aliphatic rings. The molecule has 0 saturated carbocycles. The van der Waals surface area contributed by atoms with Gasteiger partial charge in [-0.25, -0.2) is 0 Å². The molecule has 3 rings (SSSR count).